The highest BCUT2D eigenvalue weighted by Gasteiger charge is 2.27. The minimum atomic E-state index is -0.123. The molecule has 1 N–H and O–H groups in total. The average Bonchev–Trinajstić information content (AvgIpc) is 2.41. The highest BCUT2D eigenvalue weighted by Crippen LogP contribution is 2.30. The molecule has 4 heteroatoms. The van der Waals surface area contributed by atoms with Gasteiger partial charge in [0.15, 0.2) is 0 Å². The number of nitrogens with zero attached hydrogens (tertiary/aromatic N) is 1. The zero-order valence-corrected chi connectivity index (χ0v) is 14.9. The molecule has 0 aromatic heterocycles. The van der Waals surface area contributed by atoms with Crippen LogP contribution < -0.4 is 10.7 Å². The van der Waals surface area contributed by atoms with E-state index in [0.717, 1.165) is 37.3 Å². The van der Waals surface area contributed by atoms with Crippen molar-refractivity contribution in [3.05, 3.63) is 20.3 Å². The SMILES string of the molecule is CC.CCN(C)CCCNc1c(C(C)(C)C)c(=O)c1=S. The highest BCUT2D eigenvalue weighted by molar-refractivity contribution is 7.71. The first kappa shape index (κ1) is 19.3. The monoisotopic (exact) mass is 298 g/mol. The third-order valence-electron chi connectivity index (χ3n) is 3.22. The fraction of sp³-hybridized carbons (Fsp3) is 0.750. The molecule has 1 rings (SSSR count). The van der Waals surface area contributed by atoms with Crippen LogP contribution in [0.3, 0.4) is 0 Å². The maximum atomic E-state index is 11.8. The van der Waals surface area contributed by atoms with E-state index in [2.05, 4.69) is 45.0 Å². The molecule has 1 aromatic rings. The van der Waals surface area contributed by atoms with Crippen LogP contribution in [0.15, 0.2) is 4.79 Å². The van der Waals surface area contributed by atoms with Gasteiger partial charge in [-0.05, 0) is 32.0 Å². The summed E-state index contributed by atoms with van der Waals surface area (Å²) in [6, 6.07) is 0. The normalized spacial score (nSPS) is 11.4. The van der Waals surface area contributed by atoms with E-state index in [9.17, 15) is 4.79 Å². The van der Waals surface area contributed by atoms with Crippen molar-refractivity contribution in [2.45, 2.75) is 53.4 Å². The van der Waals surface area contributed by atoms with Gasteiger partial charge in [0, 0.05) is 12.1 Å². The van der Waals surface area contributed by atoms with Gasteiger partial charge in [-0.25, -0.2) is 0 Å². The van der Waals surface area contributed by atoms with Crippen LogP contribution in [0.1, 0.15) is 53.5 Å². The maximum absolute atomic E-state index is 11.8. The van der Waals surface area contributed by atoms with Crippen molar-refractivity contribution in [2.24, 2.45) is 0 Å². The first-order chi connectivity index (χ1) is 9.29. The summed E-state index contributed by atoms with van der Waals surface area (Å²) in [6.07, 6.45) is 1.06. The molecular formula is C16H30N2OS. The lowest BCUT2D eigenvalue weighted by atomic mass is 9.82. The fourth-order valence-electron chi connectivity index (χ4n) is 2.00. The number of hydrogen-bond acceptors (Lipinski definition) is 4. The molecule has 0 atom stereocenters. The van der Waals surface area contributed by atoms with Crippen molar-refractivity contribution in [3.8, 4) is 0 Å². The summed E-state index contributed by atoms with van der Waals surface area (Å²) in [7, 11) is 2.11. The van der Waals surface area contributed by atoms with Crippen molar-refractivity contribution in [1.82, 2.24) is 4.90 Å². The first-order valence-corrected chi connectivity index (χ1v) is 7.96. The van der Waals surface area contributed by atoms with E-state index in [-0.39, 0.29) is 10.8 Å². The molecule has 0 amide bonds. The van der Waals surface area contributed by atoms with E-state index in [0.29, 0.717) is 4.51 Å². The van der Waals surface area contributed by atoms with Gasteiger partial charge in [0.25, 0.3) is 0 Å². The van der Waals surface area contributed by atoms with Crippen LogP contribution >= 0.6 is 12.2 Å². The zero-order chi connectivity index (χ0) is 15.9. The Kier molecular flexibility index (Phi) is 8.21. The van der Waals surface area contributed by atoms with E-state index in [1.165, 1.54) is 0 Å². The predicted octanol–water partition coefficient (Wildman–Crippen LogP) is 3.73. The first-order valence-electron chi connectivity index (χ1n) is 7.55. The van der Waals surface area contributed by atoms with Crippen molar-refractivity contribution in [1.29, 1.82) is 0 Å². The lowest BCUT2D eigenvalue weighted by Crippen LogP contribution is -2.31. The van der Waals surface area contributed by atoms with Gasteiger partial charge >= 0.3 is 0 Å². The Morgan fingerprint density at radius 3 is 2.25 bits per heavy atom. The highest BCUT2D eigenvalue weighted by atomic mass is 32.1. The molecule has 20 heavy (non-hydrogen) atoms. The third kappa shape index (κ3) is 4.98. The van der Waals surface area contributed by atoms with Gasteiger partial charge in [0.1, 0.15) is 4.51 Å². The summed E-state index contributed by atoms with van der Waals surface area (Å²) >= 11 is 5.12. The molecule has 0 spiro atoms. The standard InChI is InChI=1S/C14H24N2OS.C2H6/c1-6-16(5)9-7-8-15-11-10(14(2,3)4)12(17)13(11)18;1-2/h15H,6-9H2,1-5H3;1-2H3. The largest absolute Gasteiger partial charge is 0.383 e. The van der Waals surface area contributed by atoms with E-state index >= 15 is 0 Å². The lowest BCUT2D eigenvalue weighted by Gasteiger charge is -2.25. The molecule has 0 aliphatic carbocycles. The van der Waals surface area contributed by atoms with Crippen LogP contribution in [-0.2, 0) is 5.41 Å². The Hall–Kier alpha value is -0.740. The number of anilines is 1. The molecule has 1 aromatic carbocycles. The minimum absolute atomic E-state index is 0.0469. The van der Waals surface area contributed by atoms with Gasteiger partial charge in [-0.1, -0.05) is 53.8 Å². The quantitative estimate of drug-likeness (QED) is 0.641. The van der Waals surface area contributed by atoms with Crippen LogP contribution in [0.4, 0.5) is 5.69 Å². The van der Waals surface area contributed by atoms with Crippen LogP contribution in [0.5, 0.6) is 0 Å². The van der Waals surface area contributed by atoms with Crippen LogP contribution in [0.2, 0.25) is 0 Å². The number of hydrogen-bond donors (Lipinski definition) is 1. The smallest absolute Gasteiger partial charge is 0.204 e. The van der Waals surface area contributed by atoms with E-state index in [4.69, 9.17) is 12.2 Å². The molecule has 0 saturated heterocycles. The van der Waals surface area contributed by atoms with Crippen LogP contribution in [0.25, 0.3) is 0 Å². The van der Waals surface area contributed by atoms with Crippen molar-refractivity contribution in [2.75, 3.05) is 32.0 Å². The predicted molar refractivity (Wildman–Crippen MR) is 92.2 cm³/mol. The molecule has 0 heterocycles. The topological polar surface area (TPSA) is 32.3 Å². The Balaban J connectivity index is 0.00000172. The Labute approximate surface area is 129 Å². The van der Waals surface area contributed by atoms with Gasteiger partial charge in [0.05, 0.1) is 5.69 Å². The summed E-state index contributed by atoms with van der Waals surface area (Å²) in [4.78, 5) is 14.0. The molecular weight excluding hydrogens is 268 g/mol. The summed E-state index contributed by atoms with van der Waals surface area (Å²) in [5.74, 6) is 0. The lowest BCUT2D eigenvalue weighted by molar-refractivity contribution is 0.351. The van der Waals surface area contributed by atoms with E-state index in [1.807, 2.05) is 13.8 Å². The fourth-order valence-corrected chi connectivity index (χ4v) is 2.27. The van der Waals surface area contributed by atoms with Crippen molar-refractivity contribution in [3.63, 3.8) is 0 Å². The van der Waals surface area contributed by atoms with E-state index < -0.39 is 0 Å². The second kappa shape index (κ2) is 8.53. The van der Waals surface area contributed by atoms with Crippen LogP contribution in [0, 0.1) is 4.51 Å². The molecule has 0 fully saturated rings. The second-order valence-electron chi connectivity index (χ2n) is 5.83. The Bertz CT molecular complexity index is 467. The van der Waals surface area contributed by atoms with Crippen molar-refractivity contribution < 1.29 is 0 Å². The Morgan fingerprint density at radius 1 is 1.25 bits per heavy atom. The van der Waals surface area contributed by atoms with Gasteiger partial charge in [-0.2, -0.15) is 0 Å². The van der Waals surface area contributed by atoms with Gasteiger partial charge in [-0.3, -0.25) is 4.79 Å². The average molecular weight is 298 g/mol. The van der Waals surface area contributed by atoms with Gasteiger partial charge in [-0.15, -0.1) is 0 Å². The molecule has 0 saturated carbocycles. The summed E-state index contributed by atoms with van der Waals surface area (Å²) < 4.78 is 0.476. The summed E-state index contributed by atoms with van der Waals surface area (Å²) in [5, 5.41) is 3.33. The molecule has 0 radical (unpaired) electrons. The molecule has 0 unspecified atom stereocenters. The third-order valence-corrected chi connectivity index (χ3v) is 3.61. The molecule has 0 aliphatic heterocycles. The Morgan fingerprint density at radius 2 is 1.80 bits per heavy atom. The molecule has 3 nitrogen and oxygen atoms in total. The number of rotatable bonds is 6. The number of nitrogens with one attached hydrogen (secondary N) is 1. The molecule has 116 valence electrons. The van der Waals surface area contributed by atoms with Crippen molar-refractivity contribution >= 4 is 17.9 Å². The summed E-state index contributed by atoms with van der Waals surface area (Å²) in [5.41, 5.74) is 1.69. The second-order valence-corrected chi connectivity index (χ2v) is 6.24. The van der Waals surface area contributed by atoms with Gasteiger partial charge in [0.2, 0.25) is 5.43 Å². The molecule has 0 bridgehead atoms. The van der Waals surface area contributed by atoms with Crippen LogP contribution in [-0.4, -0.2) is 31.6 Å². The minimum Gasteiger partial charge on any atom is -0.383 e. The molecule has 0 aliphatic rings. The maximum Gasteiger partial charge on any atom is 0.204 e. The van der Waals surface area contributed by atoms with Gasteiger partial charge < -0.3 is 10.2 Å². The summed E-state index contributed by atoms with van der Waals surface area (Å²) in [6.45, 7) is 15.3. The zero-order valence-electron chi connectivity index (χ0n) is 14.1. The van der Waals surface area contributed by atoms with E-state index in [1.54, 1.807) is 0 Å².